The predicted molar refractivity (Wildman–Crippen MR) is 59.9 cm³/mol. The van der Waals surface area contributed by atoms with Crippen molar-refractivity contribution in [3.05, 3.63) is 16.7 Å². The largest absolute Gasteiger partial charge is 0.507 e. The molecule has 0 aromatic heterocycles. The van der Waals surface area contributed by atoms with E-state index < -0.39 is 5.97 Å². The van der Waals surface area contributed by atoms with E-state index in [-0.39, 0.29) is 17.0 Å². The second-order valence-electron chi connectivity index (χ2n) is 3.41. The number of phenolic OH excluding ortho intramolecular Hbond substituents is 1. The van der Waals surface area contributed by atoms with Crippen molar-refractivity contribution in [3.8, 4) is 11.5 Å². The van der Waals surface area contributed by atoms with Gasteiger partial charge in [-0.1, -0.05) is 0 Å². The summed E-state index contributed by atoms with van der Waals surface area (Å²) in [4.78, 5) is 11.5. The monoisotopic (exact) mass is 225 g/mol. The number of carbonyl (C=O) groups excluding carboxylic acids is 1. The van der Waals surface area contributed by atoms with Gasteiger partial charge in [-0.25, -0.2) is 4.79 Å². The van der Waals surface area contributed by atoms with E-state index >= 15 is 0 Å². The number of rotatable bonds is 2. The minimum Gasteiger partial charge on any atom is -0.507 e. The van der Waals surface area contributed by atoms with Gasteiger partial charge in [-0.05, 0) is 13.8 Å². The van der Waals surface area contributed by atoms with Crippen LogP contribution in [0.4, 0.5) is 5.69 Å². The van der Waals surface area contributed by atoms with Gasteiger partial charge in [-0.15, -0.1) is 0 Å². The molecule has 1 rings (SSSR count). The van der Waals surface area contributed by atoms with Crippen molar-refractivity contribution < 1.29 is 19.4 Å². The van der Waals surface area contributed by atoms with Gasteiger partial charge >= 0.3 is 5.97 Å². The van der Waals surface area contributed by atoms with Gasteiger partial charge in [0.05, 0.1) is 25.5 Å². The molecule has 0 fully saturated rings. The number of benzene rings is 1. The molecular weight excluding hydrogens is 210 g/mol. The van der Waals surface area contributed by atoms with Crippen LogP contribution in [0, 0.1) is 13.8 Å². The lowest BCUT2D eigenvalue weighted by Crippen LogP contribution is -2.10. The topological polar surface area (TPSA) is 81.8 Å². The molecule has 0 spiro atoms. The fourth-order valence-corrected chi connectivity index (χ4v) is 1.65. The van der Waals surface area contributed by atoms with Crippen molar-refractivity contribution in [2.45, 2.75) is 13.8 Å². The molecule has 16 heavy (non-hydrogen) atoms. The van der Waals surface area contributed by atoms with E-state index in [1.54, 1.807) is 13.8 Å². The number of carbonyl (C=O) groups is 1. The molecule has 0 amide bonds. The third kappa shape index (κ3) is 1.64. The van der Waals surface area contributed by atoms with Gasteiger partial charge in [0.1, 0.15) is 11.5 Å². The molecule has 0 aliphatic heterocycles. The Morgan fingerprint density at radius 1 is 1.25 bits per heavy atom. The molecule has 1 aromatic carbocycles. The molecule has 5 heteroatoms. The summed E-state index contributed by atoms with van der Waals surface area (Å²) >= 11 is 0. The number of ether oxygens (including phenoxy) is 2. The summed E-state index contributed by atoms with van der Waals surface area (Å²) in [5.74, 6) is -0.307. The van der Waals surface area contributed by atoms with Crippen LogP contribution >= 0.6 is 0 Å². The second-order valence-corrected chi connectivity index (χ2v) is 3.41. The van der Waals surface area contributed by atoms with Crippen molar-refractivity contribution in [1.29, 1.82) is 0 Å². The van der Waals surface area contributed by atoms with Crippen LogP contribution in [0.2, 0.25) is 0 Å². The van der Waals surface area contributed by atoms with Crippen molar-refractivity contribution >= 4 is 11.7 Å². The molecule has 0 bridgehead atoms. The Labute approximate surface area is 93.8 Å². The molecule has 0 unspecified atom stereocenters. The van der Waals surface area contributed by atoms with Crippen LogP contribution in [0.1, 0.15) is 21.5 Å². The van der Waals surface area contributed by atoms with Crippen LogP contribution < -0.4 is 10.5 Å². The standard InChI is InChI=1S/C11H15NO4/c1-5-7(11(14)16-4)8(12)10(15-3)6(2)9(5)13/h13H,12H2,1-4H3. The highest BCUT2D eigenvalue weighted by atomic mass is 16.5. The molecule has 0 aliphatic rings. The highest BCUT2D eigenvalue weighted by molar-refractivity contribution is 5.99. The maximum atomic E-state index is 11.5. The minimum atomic E-state index is -0.594. The number of esters is 1. The van der Waals surface area contributed by atoms with Crippen LogP contribution in [0.15, 0.2) is 0 Å². The van der Waals surface area contributed by atoms with E-state index in [1.807, 2.05) is 0 Å². The zero-order chi connectivity index (χ0) is 12.5. The molecule has 0 saturated heterocycles. The zero-order valence-electron chi connectivity index (χ0n) is 9.75. The third-order valence-corrected chi connectivity index (χ3v) is 2.53. The zero-order valence-corrected chi connectivity index (χ0v) is 9.75. The summed E-state index contributed by atoms with van der Waals surface area (Å²) in [6.45, 7) is 3.27. The first-order valence-corrected chi connectivity index (χ1v) is 4.69. The van der Waals surface area contributed by atoms with Gasteiger partial charge < -0.3 is 20.3 Å². The Morgan fingerprint density at radius 3 is 2.25 bits per heavy atom. The van der Waals surface area contributed by atoms with E-state index in [1.165, 1.54) is 14.2 Å². The molecule has 0 aliphatic carbocycles. The second kappa shape index (κ2) is 4.30. The summed E-state index contributed by atoms with van der Waals surface area (Å²) in [5.41, 5.74) is 7.02. The number of anilines is 1. The average Bonchev–Trinajstić information content (AvgIpc) is 2.27. The molecule has 88 valence electrons. The number of nitrogen functional groups attached to an aromatic ring is 1. The molecule has 0 heterocycles. The average molecular weight is 225 g/mol. The summed E-state index contributed by atoms with van der Waals surface area (Å²) in [6, 6.07) is 0. The molecule has 1 aromatic rings. The number of methoxy groups -OCH3 is 2. The molecule has 0 radical (unpaired) electrons. The minimum absolute atomic E-state index is 0.00792. The summed E-state index contributed by atoms with van der Waals surface area (Å²) in [6.07, 6.45) is 0. The van der Waals surface area contributed by atoms with Crippen LogP contribution in [-0.2, 0) is 4.74 Å². The molecular formula is C11H15NO4. The maximum absolute atomic E-state index is 11.5. The number of nitrogens with two attached hydrogens (primary N) is 1. The fraction of sp³-hybridized carbons (Fsp3) is 0.364. The van der Waals surface area contributed by atoms with E-state index in [0.717, 1.165) is 0 Å². The van der Waals surface area contributed by atoms with Gasteiger partial charge in [-0.3, -0.25) is 0 Å². The van der Waals surface area contributed by atoms with Crippen LogP contribution in [0.25, 0.3) is 0 Å². The van der Waals surface area contributed by atoms with Crippen LogP contribution in [0.5, 0.6) is 11.5 Å². The van der Waals surface area contributed by atoms with Gasteiger partial charge in [-0.2, -0.15) is 0 Å². The van der Waals surface area contributed by atoms with Crippen LogP contribution in [0.3, 0.4) is 0 Å². The molecule has 0 atom stereocenters. The maximum Gasteiger partial charge on any atom is 0.340 e. The first-order valence-electron chi connectivity index (χ1n) is 4.69. The number of hydrogen-bond donors (Lipinski definition) is 2. The molecule has 0 saturated carbocycles. The highest BCUT2D eigenvalue weighted by Gasteiger charge is 2.23. The van der Waals surface area contributed by atoms with Gasteiger partial charge in [0.2, 0.25) is 0 Å². The van der Waals surface area contributed by atoms with Crippen molar-refractivity contribution in [2.24, 2.45) is 0 Å². The first-order chi connectivity index (χ1) is 7.45. The first kappa shape index (κ1) is 12.2. The Balaban J connectivity index is 3.62. The number of aromatic hydroxyl groups is 1. The predicted octanol–water partition coefficient (Wildman–Crippen LogP) is 1.39. The Bertz CT molecular complexity index is 440. The number of hydrogen-bond acceptors (Lipinski definition) is 5. The number of phenols is 1. The van der Waals surface area contributed by atoms with E-state index in [0.29, 0.717) is 16.9 Å². The Hall–Kier alpha value is -1.91. The van der Waals surface area contributed by atoms with Crippen LogP contribution in [-0.4, -0.2) is 25.3 Å². The van der Waals surface area contributed by atoms with Crippen molar-refractivity contribution in [3.63, 3.8) is 0 Å². The molecule has 5 nitrogen and oxygen atoms in total. The van der Waals surface area contributed by atoms with E-state index in [4.69, 9.17) is 10.5 Å². The summed E-state index contributed by atoms with van der Waals surface area (Å²) in [5, 5.41) is 9.82. The van der Waals surface area contributed by atoms with Gasteiger partial charge in [0.25, 0.3) is 0 Å². The van der Waals surface area contributed by atoms with Gasteiger partial charge in [0.15, 0.2) is 0 Å². The lowest BCUT2D eigenvalue weighted by molar-refractivity contribution is 0.0600. The highest BCUT2D eigenvalue weighted by Crippen LogP contribution is 2.39. The van der Waals surface area contributed by atoms with E-state index in [9.17, 15) is 9.90 Å². The van der Waals surface area contributed by atoms with Crippen molar-refractivity contribution in [1.82, 2.24) is 0 Å². The lowest BCUT2D eigenvalue weighted by Gasteiger charge is -2.16. The Kier molecular flexibility index (Phi) is 3.27. The summed E-state index contributed by atoms with van der Waals surface area (Å²) < 4.78 is 9.66. The summed E-state index contributed by atoms with van der Waals surface area (Å²) in [7, 11) is 2.68. The SMILES string of the molecule is COC(=O)c1c(C)c(O)c(C)c(OC)c1N. The Morgan fingerprint density at radius 2 is 1.81 bits per heavy atom. The lowest BCUT2D eigenvalue weighted by atomic mass is 10.0. The smallest absolute Gasteiger partial charge is 0.340 e. The fourth-order valence-electron chi connectivity index (χ4n) is 1.65. The molecule has 3 N–H and O–H groups in total. The van der Waals surface area contributed by atoms with E-state index in [2.05, 4.69) is 4.74 Å². The van der Waals surface area contributed by atoms with Gasteiger partial charge in [0, 0.05) is 11.1 Å². The normalized spacial score (nSPS) is 10.0. The third-order valence-electron chi connectivity index (χ3n) is 2.53. The van der Waals surface area contributed by atoms with Crippen molar-refractivity contribution in [2.75, 3.05) is 20.0 Å². The quantitative estimate of drug-likeness (QED) is 0.451.